The zero-order valence-electron chi connectivity index (χ0n) is 12.9. The molecule has 0 atom stereocenters. The first-order chi connectivity index (χ1) is 9.58. The summed E-state index contributed by atoms with van der Waals surface area (Å²) in [7, 11) is 2.98. The number of ether oxygens (including phenoxy) is 2. The highest BCUT2D eigenvalue weighted by molar-refractivity contribution is 5.79. The third-order valence-corrected chi connectivity index (χ3v) is 4.06. The van der Waals surface area contributed by atoms with Gasteiger partial charge in [-0.05, 0) is 31.6 Å². The van der Waals surface area contributed by atoms with Gasteiger partial charge in [-0.2, -0.15) is 0 Å². The molecule has 0 heterocycles. The molecular formula is C15H27NO4. The minimum Gasteiger partial charge on any atom is -0.469 e. The maximum atomic E-state index is 12.5. The van der Waals surface area contributed by atoms with Crippen LogP contribution in [-0.4, -0.2) is 50.7 Å². The van der Waals surface area contributed by atoms with E-state index >= 15 is 0 Å². The van der Waals surface area contributed by atoms with Crippen molar-refractivity contribution >= 4 is 11.9 Å². The molecule has 20 heavy (non-hydrogen) atoms. The van der Waals surface area contributed by atoms with Crippen molar-refractivity contribution in [1.82, 2.24) is 4.90 Å². The summed E-state index contributed by atoms with van der Waals surface area (Å²) in [6.07, 6.45) is 4.40. The average molecular weight is 285 g/mol. The number of esters is 1. The standard InChI is InChI=1S/C15H27NO4/c1-12-4-6-13(7-5-12)15(18)16(10-11-19-2)9-8-14(17)20-3/h12-13H,4-11H2,1-3H3. The molecule has 0 unspecified atom stereocenters. The van der Waals surface area contributed by atoms with Crippen LogP contribution in [0.25, 0.3) is 0 Å². The summed E-state index contributed by atoms with van der Waals surface area (Å²) < 4.78 is 9.69. The number of rotatable bonds is 7. The van der Waals surface area contributed by atoms with Crippen LogP contribution in [0.5, 0.6) is 0 Å². The molecule has 0 N–H and O–H groups in total. The van der Waals surface area contributed by atoms with Gasteiger partial charge in [0.25, 0.3) is 0 Å². The van der Waals surface area contributed by atoms with E-state index < -0.39 is 0 Å². The Morgan fingerprint density at radius 2 is 1.75 bits per heavy atom. The average Bonchev–Trinajstić information content (AvgIpc) is 2.47. The number of nitrogens with zero attached hydrogens (tertiary/aromatic N) is 1. The lowest BCUT2D eigenvalue weighted by Gasteiger charge is -2.31. The Balaban J connectivity index is 2.52. The highest BCUT2D eigenvalue weighted by Gasteiger charge is 2.28. The smallest absolute Gasteiger partial charge is 0.307 e. The first-order valence-electron chi connectivity index (χ1n) is 7.43. The summed E-state index contributed by atoms with van der Waals surface area (Å²) >= 11 is 0. The SMILES string of the molecule is COCCN(CCC(=O)OC)C(=O)C1CCC(C)CC1. The van der Waals surface area contributed by atoms with E-state index in [9.17, 15) is 9.59 Å². The predicted octanol–water partition coefficient (Wildman–Crippen LogP) is 1.85. The van der Waals surface area contributed by atoms with Crippen molar-refractivity contribution in [3.05, 3.63) is 0 Å². The second-order valence-corrected chi connectivity index (χ2v) is 5.60. The fraction of sp³-hybridized carbons (Fsp3) is 0.867. The molecular weight excluding hydrogens is 258 g/mol. The highest BCUT2D eigenvalue weighted by atomic mass is 16.5. The summed E-state index contributed by atoms with van der Waals surface area (Å²) in [5, 5.41) is 0. The molecule has 116 valence electrons. The Bertz CT molecular complexity index is 311. The molecule has 1 saturated carbocycles. The Morgan fingerprint density at radius 3 is 2.30 bits per heavy atom. The third kappa shape index (κ3) is 5.49. The quantitative estimate of drug-likeness (QED) is 0.670. The second-order valence-electron chi connectivity index (χ2n) is 5.60. The maximum absolute atomic E-state index is 12.5. The fourth-order valence-electron chi connectivity index (χ4n) is 2.63. The fourth-order valence-corrected chi connectivity index (χ4v) is 2.63. The van der Waals surface area contributed by atoms with Crippen LogP contribution in [0, 0.1) is 11.8 Å². The lowest BCUT2D eigenvalue weighted by molar-refractivity contribution is -0.143. The van der Waals surface area contributed by atoms with Gasteiger partial charge in [0.1, 0.15) is 0 Å². The molecule has 0 aliphatic heterocycles. The van der Waals surface area contributed by atoms with E-state index in [1.165, 1.54) is 7.11 Å². The number of hydrogen-bond donors (Lipinski definition) is 0. The Hall–Kier alpha value is -1.10. The van der Waals surface area contributed by atoms with Gasteiger partial charge >= 0.3 is 5.97 Å². The summed E-state index contributed by atoms with van der Waals surface area (Å²) in [5.41, 5.74) is 0. The van der Waals surface area contributed by atoms with E-state index in [0.29, 0.717) is 19.7 Å². The van der Waals surface area contributed by atoms with Gasteiger partial charge in [0.05, 0.1) is 20.1 Å². The predicted molar refractivity (Wildman–Crippen MR) is 76.2 cm³/mol. The van der Waals surface area contributed by atoms with Gasteiger partial charge in [-0.3, -0.25) is 9.59 Å². The molecule has 5 nitrogen and oxygen atoms in total. The molecule has 5 heteroatoms. The van der Waals surface area contributed by atoms with Crippen molar-refractivity contribution < 1.29 is 19.1 Å². The molecule has 0 aromatic rings. The van der Waals surface area contributed by atoms with Gasteiger partial charge in [-0.15, -0.1) is 0 Å². The topological polar surface area (TPSA) is 55.8 Å². The maximum Gasteiger partial charge on any atom is 0.307 e. The van der Waals surface area contributed by atoms with Gasteiger partial charge in [-0.1, -0.05) is 6.92 Å². The zero-order valence-corrected chi connectivity index (χ0v) is 12.9. The van der Waals surface area contributed by atoms with E-state index in [4.69, 9.17) is 4.74 Å². The number of carbonyl (C=O) groups excluding carboxylic acids is 2. The Kier molecular flexibility index (Phi) is 7.59. The Labute approximate surface area is 121 Å². The number of amides is 1. The third-order valence-electron chi connectivity index (χ3n) is 4.06. The number of methoxy groups -OCH3 is 2. The van der Waals surface area contributed by atoms with Gasteiger partial charge in [0.15, 0.2) is 0 Å². The van der Waals surface area contributed by atoms with Gasteiger partial charge in [0, 0.05) is 26.1 Å². The van der Waals surface area contributed by atoms with Crippen molar-refractivity contribution in [2.75, 3.05) is 33.9 Å². The van der Waals surface area contributed by atoms with Gasteiger partial charge in [-0.25, -0.2) is 0 Å². The number of hydrogen-bond acceptors (Lipinski definition) is 4. The monoisotopic (exact) mass is 285 g/mol. The van der Waals surface area contributed by atoms with Crippen molar-refractivity contribution in [2.45, 2.75) is 39.0 Å². The zero-order chi connectivity index (χ0) is 15.0. The van der Waals surface area contributed by atoms with Crippen LogP contribution in [0.3, 0.4) is 0 Å². The van der Waals surface area contributed by atoms with E-state index in [0.717, 1.165) is 31.6 Å². The van der Waals surface area contributed by atoms with Gasteiger partial charge in [0.2, 0.25) is 5.91 Å². The van der Waals surface area contributed by atoms with Crippen LogP contribution in [-0.2, 0) is 19.1 Å². The van der Waals surface area contributed by atoms with Crippen LogP contribution < -0.4 is 0 Å². The highest BCUT2D eigenvalue weighted by Crippen LogP contribution is 2.29. The van der Waals surface area contributed by atoms with E-state index in [1.54, 1.807) is 12.0 Å². The molecule has 0 spiro atoms. The molecule has 1 amide bonds. The van der Waals surface area contributed by atoms with Crippen molar-refractivity contribution in [2.24, 2.45) is 11.8 Å². The molecule has 1 aliphatic carbocycles. The lowest BCUT2D eigenvalue weighted by atomic mass is 9.82. The lowest BCUT2D eigenvalue weighted by Crippen LogP contribution is -2.40. The molecule has 1 fully saturated rings. The van der Waals surface area contributed by atoms with Gasteiger partial charge < -0.3 is 14.4 Å². The van der Waals surface area contributed by atoms with Crippen molar-refractivity contribution in [3.8, 4) is 0 Å². The molecule has 1 aliphatic rings. The summed E-state index contributed by atoms with van der Waals surface area (Å²) in [6, 6.07) is 0. The van der Waals surface area contributed by atoms with Crippen LogP contribution in [0.2, 0.25) is 0 Å². The van der Waals surface area contributed by atoms with Crippen molar-refractivity contribution in [1.29, 1.82) is 0 Å². The molecule has 1 rings (SSSR count). The first kappa shape index (κ1) is 17.0. The second kappa shape index (κ2) is 8.95. The molecule has 0 radical (unpaired) electrons. The molecule has 0 aromatic carbocycles. The molecule has 0 saturated heterocycles. The Morgan fingerprint density at radius 1 is 1.10 bits per heavy atom. The number of carbonyl (C=O) groups is 2. The summed E-state index contributed by atoms with van der Waals surface area (Å²) in [5.74, 6) is 0.720. The van der Waals surface area contributed by atoms with Crippen LogP contribution in [0.1, 0.15) is 39.0 Å². The normalized spacial score (nSPS) is 22.4. The van der Waals surface area contributed by atoms with Crippen LogP contribution >= 0.6 is 0 Å². The van der Waals surface area contributed by atoms with Crippen LogP contribution in [0.15, 0.2) is 0 Å². The van der Waals surface area contributed by atoms with E-state index in [1.807, 2.05) is 0 Å². The molecule has 0 aromatic heterocycles. The minimum atomic E-state index is -0.280. The van der Waals surface area contributed by atoms with Crippen LogP contribution in [0.4, 0.5) is 0 Å². The summed E-state index contributed by atoms with van der Waals surface area (Å²) in [4.78, 5) is 25.5. The van der Waals surface area contributed by atoms with Crippen molar-refractivity contribution in [3.63, 3.8) is 0 Å². The molecule has 0 bridgehead atoms. The first-order valence-corrected chi connectivity index (χ1v) is 7.43. The summed E-state index contributed by atoms with van der Waals surface area (Å²) in [6.45, 7) is 3.69. The van der Waals surface area contributed by atoms with E-state index in [2.05, 4.69) is 11.7 Å². The minimum absolute atomic E-state index is 0.112. The largest absolute Gasteiger partial charge is 0.469 e. The van der Waals surface area contributed by atoms with E-state index in [-0.39, 0.29) is 24.2 Å².